The monoisotopic (exact) mass is 283 g/mol. The number of amides is 1. The lowest BCUT2D eigenvalue weighted by Gasteiger charge is -2.37. The summed E-state index contributed by atoms with van der Waals surface area (Å²) in [5, 5.41) is 1.16. The molecule has 4 nitrogen and oxygen atoms in total. The summed E-state index contributed by atoms with van der Waals surface area (Å²) < 4.78 is 0. The maximum Gasteiger partial charge on any atom is 0.227 e. The number of fused-ring (bicyclic) bond motifs is 3. The highest BCUT2D eigenvalue weighted by Gasteiger charge is 2.41. The summed E-state index contributed by atoms with van der Waals surface area (Å²) >= 11 is 0. The van der Waals surface area contributed by atoms with Crippen molar-refractivity contribution in [2.24, 2.45) is 5.73 Å². The zero-order chi connectivity index (χ0) is 14.4. The number of aromatic amines is 1. The molecule has 0 spiro atoms. The van der Waals surface area contributed by atoms with Gasteiger partial charge in [0.1, 0.15) is 0 Å². The molecule has 0 radical (unpaired) electrons. The molecule has 0 aliphatic carbocycles. The van der Waals surface area contributed by atoms with Crippen molar-refractivity contribution >= 4 is 16.8 Å². The van der Waals surface area contributed by atoms with Crippen LogP contribution in [0, 0.1) is 0 Å². The highest BCUT2D eigenvalue weighted by atomic mass is 16.2. The largest absolute Gasteiger partial charge is 0.361 e. The number of para-hydroxylation sites is 1. The first-order valence-corrected chi connectivity index (χ1v) is 7.84. The zero-order valence-corrected chi connectivity index (χ0v) is 12.1. The molecule has 1 amide bonds. The Morgan fingerprint density at radius 3 is 2.71 bits per heavy atom. The number of nitrogens with two attached hydrogens (primary N) is 1. The van der Waals surface area contributed by atoms with E-state index in [1.165, 1.54) is 0 Å². The number of benzene rings is 1. The van der Waals surface area contributed by atoms with Gasteiger partial charge in [-0.2, -0.15) is 0 Å². The molecule has 1 aromatic heterocycles. The maximum atomic E-state index is 12.7. The highest BCUT2D eigenvalue weighted by molar-refractivity contribution is 5.89. The van der Waals surface area contributed by atoms with Gasteiger partial charge in [0.15, 0.2) is 0 Å². The third-order valence-electron chi connectivity index (χ3n) is 5.07. The van der Waals surface area contributed by atoms with Gasteiger partial charge in [-0.15, -0.1) is 0 Å². The summed E-state index contributed by atoms with van der Waals surface area (Å²) in [7, 11) is 0. The fourth-order valence-electron chi connectivity index (χ4n) is 4.16. The fourth-order valence-corrected chi connectivity index (χ4v) is 4.16. The van der Waals surface area contributed by atoms with Gasteiger partial charge in [0.25, 0.3) is 0 Å². The topological polar surface area (TPSA) is 62.1 Å². The van der Waals surface area contributed by atoms with Crippen LogP contribution in [-0.4, -0.2) is 33.9 Å². The first kappa shape index (κ1) is 12.9. The van der Waals surface area contributed by atoms with E-state index >= 15 is 0 Å². The number of nitrogens with one attached hydrogen (secondary N) is 1. The Morgan fingerprint density at radius 2 is 1.95 bits per heavy atom. The Hall–Kier alpha value is -1.81. The number of hydrogen-bond acceptors (Lipinski definition) is 2. The summed E-state index contributed by atoms with van der Waals surface area (Å²) in [5.41, 5.74) is 8.29. The van der Waals surface area contributed by atoms with Gasteiger partial charge in [-0.1, -0.05) is 18.2 Å². The third-order valence-corrected chi connectivity index (χ3v) is 5.07. The minimum atomic E-state index is 0.263. The number of carbonyl (C=O) groups excluding carboxylic acids is 1. The second-order valence-corrected chi connectivity index (χ2v) is 6.45. The van der Waals surface area contributed by atoms with Crippen LogP contribution in [0.5, 0.6) is 0 Å². The molecule has 2 saturated heterocycles. The van der Waals surface area contributed by atoms with Gasteiger partial charge in [-0.25, -0.2) is 0 Å². The molecule has 2 aliphatic rings. The van der Waals surface area contributed by atoms with Crippen molar-refractivity contribution in [1.82, 2.24) is 9.88 Å². The number of piperidine rings is 1. The number of aromatic nitrogens is 1. The van der Waals surface area contributed by atoms with E-state index in [4.69, 9.17) is 5.73 Å². The highest BCUT2D eigenvalue weighted by Crippen LogP contribution is 2.35. The number of nitrogens with zero attached hydrogens (tertiary/aromatic N) is 1. The average Bonchev–Trinajstić information content (AvgIpc) is 2.99. The van der Waals surface area contributed by atoms with Crippen molar-refractivity contribution < 1.29 is 4.79 Å². The number of carbonyl (C=O) groups is 1. The van der Waals surface area contributed by atoms with E-state index in [0.717, 1.165) is 42.1 Å². The molecular weight excluding hydrogens is 262 g/mol. The molecule has 2 fully saturated rings. The van der Waals surface area contributed by atoms with Crippen LogP contribution in [0.3, 0.4) is 0 Å². The van der Waals surface area contributed by atoms with Crippen molar-refractivity contribution in [3.8, 4) is 0 Å². The van der Waals surface area contributed by atoms with Crippen molar-refractivity contribution in [3.63, 3.8) is 0 Å². The quantitative estimate of drug-likeness (QED) is 0.887. The summed E-state index contributed by atoms with van der Waals surface area (Å²) in [5.74, 6) is 0.263. The smallest absolute Gasteiger partial charge is 0.227 e. The second-order valence-electron chi connectivity index (χ2n) is 6.45. The Bertz CT molecular complexity index is 663. The Morgan fingerprint density at radius 1 is 1.24 bits per heavy atom. The average molecular weight is 283 g/mol. The third kappa shape index (κ3) is 2.14. The summed E-state index contributed by atoms with van der Waals surface area (Å²) in [6.07, 6.45) is 6.65. The van der Waals surface area contributed by atoms with Gasteiger partial charge in [0, 0.05) is 35.2 Å². The lowest BCUT2D eigenvalue weighted by molar-refractivity contribution is -0.134. The van der Waals surface area contributed by atoms with E-state index in [-0.39, 0.29) is 11.9 Å². The van der Waals surface area contributed by atoms with Crippen molar-refractivity contribution in [2.45, 2.75) is 50.2 Å². The predicted molar refractivity (Wildman–Crippen MR) is 82.9 cm³/mol. The van der Waals surface area contributed by atoms with E-state index in [2.05, 4.69) is 16.0 Å². The van der Waals surface area contributed by atoms with Crippen LogP contribution in [0.1, 0.15) is 31.2 Å². The molecule has 21 heavy (non-hydrogen) atoms. The van der Waals surface area contributed by atoms with Gasteiger partial charge < -0.3 is 15.6 Å². The fraction of sp³-hybridized carbons (Fsp3) is 0.471. The molecule has 4 heteroatoms. The standard InChI is InChI=1S/C17H21N3O/c18-12-8-13-5-6-14(9-12)20(13)17(21)7-11-10-19-16-4-2-1-3-15(11)16/h1-4,10,12-14,19H,5-9,18H2. The van der Waals surface area contributed by atoms with E-state index in [9.17, 15) is 4.79 Å². The molecule has 3 N–H and O–H groups in total. The molecule has 2 aliphatic heterocycles. The van der Waals surface area contributed by atoms with Gasteiger partial charge in [0.2, 0.25) is 5.91 Å². The van der Waals surface area contributed by atoms with Gasteiger partial charge in [-0.05, 0) is 37.3 Å². The number of H-pyrrole nitrogens is 1. The first-order chi connectivity index (χ1) is 10.2. The van der Waals surface area contributed by atoms with Crippen LogP contribution in [-0.2, 0) is 11.2 Å². The first-order valence-electron chi connectivity index (χ1n) is 7.84. The molecule has 2 atom stereocenters. The molecule has 4 rings (SSSR count). The molecule has 1 aromatic carbocycles. The molecule has 2 bridgehead atoms. The van der Waals surface area contributed by atoms with E-state index in [1.54, 1.807) is 0 Å². The second kappa shape index (κ2) is 4.88. The molecule has 110 valence electrons. The predicted octanol–water partition coefficient (Wildman–Crippen LogP) is 2.19. The lowest BCUT2D eigenvalue weighted by atomic mass is 9.97. The lowest BCUT2D eigenvalue weighted by Crippen LogP contribution is -2.50. The molecule has 0 saturated carbocycles. The zero-order valence-electron chi connectivity index (χ0n) is 12.1. The summed E-state index contributed by atoms with van der Waals surface area (Å²) in [6, 6.07) is 9.18. The van der Waals surface area contributed by atoms with Crippen molar-refractivity contribution in [2.75, 3.05) is 0 Å². The molecule has 2 aromatic rings. The van der Waals surface area contributed by atoms with Crippen LogP contribution in [0.25, 0.3) is 10.9 Å². The summed E-state index contributed by atoms with van der Waals surface area (Å²) in [6.45, 7) is 0. The van der Waals surface area contributed by atoms with Crippen LogP contribution < -0.4 is 5.73 Å². The molecule has 3 heterocycles. The van der Waals surface area contributed by atoms with Crippen LogP contribution in [0.2, 0.25) is 0 Å². The minimum Gasteiger partial charge on any atom is -0.361 e. The van der Waals surface area contributed by atoms with Crippen molar-refractivity contribution in [3.05, 3.63) is 36.0 Å². The van der Waals surface area contributed by atoms with Crippen LogP contribution in [0.4, 0.5) is 0 Å². The molecular formula is C17H21N3O. The Kier molecular flexibility index (Phi) is 3.00. The van der Waals surface area contributed by atoms with Gasteiger partial charge in [-0.3, -0.25) is 4.79 Å². The van der Waals surface area contributed by atoms with E-state index < -0.39 is 0 Å². The van der Waals surface area contributed by atoms with Crippen LogP contribution in [0.15, 0.2) is 30.5 Å². The molecule has 2 unspecified atom stereocenters. The SMILES string of the molecule is NC1CC2CCC(C1)N2C(=O)Cc1c[nH]c2ccccc12. The van der Waals surface area contributed by atoms with Gasteiger partial charge >= 0.3 is 0 Å². The van der Waals surface area contributed by atoms with E-state index in [0.29, 0.717) is 18.5 Å². The Balaban J connectivity index is 1.56. The number of rotatable bonds is 2. The van der Waals surface area contributed by atoms with Crippen LogP contribution >= 0.6 is 0 Å². The minimum absolute atomic E-state index is 0.263. The normalized spacial score (nSPS) is 28.2. The maximum absolute atomic E-state index is 12.7. The van der Waals surface area contributed by atoms with Crippen molar-refractivity contribution in [1.29, 1.82) is 0 Å². The number of hydrogen-bond donors (Lipinski definition) is 2. The Labute approximate surface area is 124 Å². The summed E-state index contributed by atoms with van der Waals surface area (Å²) in [4.78, 5) is 18.1. The van der Waals surface area contributed by atoms with Gasteiger partial charge in [0.05, 0.1) is 6.42 Å². The van der Waals surface area contributed by atoms with E-state index in [1.807, 2.05) is 24.4 Å².